The Bertz CT molecular complexity index is 831. The van der Waals surface area contributed by atoms with Crippen molar-refractivity contribution in [2.24, 2.45) is 5.73 Å². The van der Waals surface area contributed by atoms with E-state index in [9.17, 15) is 13.2 Å². The number of aromatic nitrogens is 2. The predicted octanol–water partition coefficient (Wildman–Crippen LogP) is 2.68. The highest BCUT2D eigenvalue weighted by atomic mass is 19.4. The lowest BCUT2D eigenvalue weighted by molar-refractivity contribution is -0.137. The van der Waals surface area contributed by atoms with Gasteiger partial charge in [0.2, 0.25) is 0 Å². The zero-order valence-electron chi connectivity index (χ0n) is 16.1. The minimum absolute atomic E-state index is 0.0968. The summed E-state index contributed by atoms with van der Waals surface area (Å²) in [5, 5.41) is 3.33. The van der Waals surface area contributed by atoms with Gasteiger partial charge in [0.15, 0.2) is 0 Å². The fourth-order valence-electron chi connectivity index (χ4n) is 4.17. The van der Waals surface area contributed by atoms with E-state index in [1.54, 1.807) is 18.5 Å². The first-order valence-corrected chi connectivity index (χ1v) is 9.91. The van der Waals surface area contributed by atoms with E-state index < -0.39 is 11.7 Å². The second kappa shape index (κ2) is 8.16. The summed E-state index contributed by atoms with van der Waals surface area (Å²) in [5.74, 6) is 1.91. The average molecular weight is 406 g/mol. The fraction of sp³-hybridized carbons (Fsp3) is 0.500. The molecule has 9 heteroatoms. The van der Waals surface area contributed by atoms with Crippen LogP contribution < -0.4 is 16.0 Å². The van der Waals surface area contributed by atoms with Crippen LogP contribution in [0.25, 0.3) is 0 Å². The van der Waals surface area contributed by atoms with Crippen LogP contribution in [0.1, 0.15) is 29.2 Å². The maximum Gasteiger partial charge on any atom is 0.416 e. The third-order valence-corrected chi connectivity index (χ3v) is 5.72. The monoisotopic (exact) mass is 406 g/mol. The van der Waals surface area contributed by atoms with Crippen LogP contribution in [0.3, 0.4) is 0 Å². The Morgan fingerprint density at radius 2 is 1.79 bits per heavy atom. The molecule has 156 valence electrons. The van der Waals surface area contributed by atoms with Crippen LogP contribution >= 0.6 is 0 Å². The van der Waals surface area contributed by atoms with E-state index in [1.807, 2.05) is 0 Å². The van der Waals surface area contributed by atoms with E-state index in [2.05, 4.69) is 25.1 Å². The fourth-order valence-corrected chi connectivity index (χ4v) is 4.17. The molecule has 0 spiro atoms. The summed E-state index contributed by atoms with van der Waals surface area (Å²) >= 11 is 0. The Labute approximate surface area is 167 Å². The summed E-state index contributed by atoms with van der Waals surface area (Å²) in [5.41, 5.74) is 7.34. The van der Waals surface area contributed by atoms with Gasteiger partial charge in [-0.1, -0.05) is 12.1 Å². The van der Waals surface area contributed by atoms with Crippen molar-refractivity contribution in [3.05, 3.63) is 47.3 Å². The normalized spacial score (nSPS) is 18.8. The van der Waals surface area contributed by atoms with Gasteiger partial charge < -0.3 is 16.0 Å². The number of anilines is 2. The standard InChI is InChI=1S/C20H25F3N6/c21-20(22,23)15-5-3-14(4-6-15)17(12-24)28-8-10-29(11-9-28)19-16-2-1-7-25-18(16)26-13-27-19/h3-6,13,17H,1-2,7-12,24H2,(H,25,26,27). The maximum absolute atomic E-state index is 12.8. The number of halogens is 3. The molecule has 1 aromatic heterocycles. The van der Waals surface area contributed by atoms with Crippen molar-refractivity contribution in [1.82, 2.24) is 14.9 Å². The highest BCUT2D eigenvalue weighted by molar-refractivity contribution is 5.60. The van der Waals surface area contributed by atoms with Gasteiger partial charge in [-0.05, 0) is 30.5 Å². The van der Waals surface area contributed by atoms with Crippen LogP contribution in [-0.4, -0.2) is 54.1 Å². The van der Waals surface area contributed by atoms with E-state index in [4.69, 9.17) is 5.73 Å². The highest BCUT2D eigenvalue weighted by Crippen LogP contribution is 2.32. The zero-order chi connectivity index (χ0) is 20.4. The van der Waals surface area contributed by atoms with Gasteiger partial charge in [-0.15, -0.1) is 0 Å². The molecule has 2 aliphatic rings. The molecule has 1 fully saturated rings. The summed E-state index contributed by atoms with van der Waals surface area (Å²) < 4.78 is 38.5. The van der Waals surface area contributed by atoms with Gasteiger partial charge in [-0.2, -0.15) is 13.2 Å². The van der Waals surface area contributed by atoms with Crippen molar-refractivity contribution in [3.63, 3.8) is 0 Å². The second-order valence-electron chi connectivity index (χ2n) is 7.45. The lowest BCUT2D eigenvalue weighted by Crippen LogP contribution is -2.49. The molecule has 0 bridgehead atoms. The number of nitrogens with two attached hydrogens (primary N) is 1. The Balaban J connectivity index is 1.45. The van der Waals surface area contributed by atoms with E-state index in [0.29, 0.717) is 6.54 Å². The third kappa shape index (κ3) is 4.16. The van der Waals surface area contributed by atoms with E-state index >= 15 is 0 Å². The van der Waals surface area contributed by atoms with E-state index in [0.717, 1.165) is 74.9 Å². The van der Waals surface area contributed by atoms with Crippen LogP contribution in [0.4, 0.5) is 24.8 Å². The zero-order valence-corrected chi connectivity index (χ0v) is 16.1. The van der Waals surface area contributed by atoms with Crippen molar-refractivity contribution < 1.29 is 13.2 Å². The third-order valence-electron chi connectivity index (χ3n) is 5.72. The number of nitrogens with one attached hydrogen (secondary N) is 1. The van der Waals surface area contributed by atoms with Crippen molar-refractivity contribution in [2.75, 3.05) is 49.5 Å². The molecule has 4 rings (SSSR count). The summed E-state index contributed by atoms with van der Waals surface area (Å²) in [7, 11) is 0. The Morgan fingerprint density at radius 1 is 1.07 bits per heavy atom. The maximum atomic E-state index is 12.8. The summed E-state index contributed by atoms with van der Waals surface area (Å²) in [6.07, 6.45) is -0.691. The topological polar surface area (TPSA) is 70.3 Å². The van der Waals surface area contributed by atoms with E-state index in [-0.39, 0.29) is 6.04 Å². The number of nitrogens with zero attached hydrogens (tertiary/aromatic N) is 4. The second-order valence-corrected chi connectivity index (χ2v) is 7.45. The number of fused-ring (bicyclic) bond motifs is 1. The van der Waals surface area contributed by atoms with Crippen molar-refractivity contribution in [3.8, 4) is 0 Å². The van der Waals surface area contributed by atoms with Gasteiger partial charge in [0, 0.05) is 50.9 Å². The number of hydrogen-bond acceptors (Lipinski definition) is 6. The molecule has 1 saturated heterocycles. The molecule has 3 N–H and O–H groups in total. The molecule has 1 unspecified atom stereocenters. The molecule has 6 nitrogen and oxygen atoms in total. The van der Waals surface area contributed by atoms with Gasteiger partial charge >= 0.3 is 6.18 Å². The molecular formula is C20H25F3N6. The van der Waals surface area contributed by atoms with E-state index in [1.165, 1.54) is 5.56 Å². The van der Waals surface area contributed by atoms with Gasteiger partial charge in [0.1, 0.15) is 18.0 Å². The molecule has 1 atom stereocenters. The lowest BCUT2D eigenvalue weighted by Gasteiger charge is -2.40. The van der Waals surface area contributed by atoms with Crippen molar-refractivity contribution in [2.45, 2.75) is 25.1 Å². The van der Waals surface area contributed by atoms with Gasteiger partial charge in [0.25, 0.3) is 0 Å². The summed E-state index contributed by atoms with van der Waals surface area (Å²) in [6, 6.07) is 5.25. The largest absolute Gasteiger partial charge is 0.416 e. The average Bonchev–Trinajstić information content (AvgIpc) is 2.74. The Hall–Kier alpha value is -2.39. The molecule has 29 heavy (non-hydrogen) atoms. The molecule has 1 aromatic carbocycles. The molecule has 2 aromatic rings. The first-order chi connectivity index (χ1) is 14.0. The Kier molecular flexibility index (Phi) is 5.60. The van der Waals surface area contributed by atoms with Crippen molar-refractivity contribution >= 4 is 11.6 Å². The highest BCUT2D eigenvalue weighted by Gasteiger charge is 2.31. The lowest BCUT2D eigenvalue weighted by atomic mass is 10.0. The minimum Gasteiger partial charge on any atom is -0.370 e. The SMILES string of the molecule is NCC(c1ccc(C(F)(F)F)cc1)N1CCN(c2ncnc3c2CCCN3)CC1. The van der Waals surface area contributed by atoms with Gasteiger partial charge in [-0.3, -0.25) is 4.90 Å². The van der Waals surface area contributed by atoms with Crippen LogP contribution in [-0.2, 0) is 12.6 Å². The van der Waals surface area contributed by atoms with Crippen LogP contribution in [0.5, 0.6) is 0 Å². The first kappa shape index (κ1) is 19.9. The molecule has 0 aliphatic carbocycles. The number of alkyl halides is 3. The van der Waals surface area contributed by atoms with Crippen LogP contribution in [0, 0.1) is 0 Å². The first-order valence-electron chi connectivity index (χ1n) is 9.91. The Morgan fingerprint density at radius 3 is 2.45 bits per heavy atom. The summed E-state index contributed by atoms with van der Waals surface area (Å²) in [6.45, 7) is 4.42. The molecule has 0 amide bonds. The van der Waals surface area contributed by atoms with Crippen LogP contribution in [0.2, 0.25) is 0 Å². The quantitative estimate of drug-likeness (QED) is 0.814. The molecule has 2 aliphatic heterocycles. The number of hydrogen-bond donors (Lipinski definition) is 2. The summed E-state index contributed by atoms with van der Waals surface area (Å²) in [4.78, 5) is 13.4. The number of benzene rings is 1. The van der Waals surface area contributed by atoms with Crippen LogP contribution in [0.15, 0.2) is 30.6 Å². The molecular weight excluding hydrogens is 381 g/mol. The molecule has 0 radical (unpaired) electrons. The number of piperazine rings is 1. The molecule has 0 saturated carbocycles. The van der Waals surface area contributed by atoms with Crippen molar-refractivity contribution in [1.29, 1.82) is 0 Å². The smallest absolute Gasteiger partial charge is 0.370 e. The van der Waals surface area contributed by atoms with Gasteiger partial charge in [0.05, 0.1) is 5.56 Å². The molecule has 3 heterocycles. The van der Waals surface area contributed by atoms with Gasteiger partial charge in [-0.25, -0.2) is 9.97 Å². The predicted molar refractivity (Wildman–Crippen MR) is 106 cm³/mol. The number of rotatable bonds is 4. The minimum atomic E-state index is -4.33.